The van der Waals surface area contributed by atoms with Crippen LogP contribution in [0.1, 0.15) is 18.5 Å². The summed E-state index contributed by atoms with van der Waals surface area (Å²) in [7, 11) is 0. The molecule has 0 N–H and O–H groups in total. The molecular weight excluding hydrogens is 306 g/mol. The number of imidazole rings is 1. The van der Waals surface area contributed by atoms with E-state index in [0.717, 1.165) is 24.8 Å². The first-order valence-electron chi connectivity index (χ1n) is 8.13. The van der Waals surface area contributed by atoms with E-state index in [1.807, 2.05) is 24.1 Å². The van der Waals surface area contributed by atoms with Gasteiger partial charge in [0.15, 0.2) is 5.13 Å². The van der Waals surface area contributed by atoms with Gasteiger partial charge in [-0.2, -0.15) is 0 Å². The number of aromatic nitrogens is 4. The fraction of sp³-hybridized carbons (Fsp3) is 0.412. The molecule has 1 unspecified atom stereocenters. The molecular formula is C17H21N5S. The first-order valence-corrected chi connectivity index (χ1v) is 9.00. The molecule has 1 aliphatic heterocycles. The van der Waals surface area contributed by atoms with E-state index in [0.29, 0.717) is 5.92 Å². The van der Waals surface area contributed by atoms with E-state index in [2.05, 4.69) is 48.5 Å². The summed E-state index contributed by atoms with van der Waals surface area (Å²) in [6.45, 7) is 4.40. The second kappa shape index (κ2) is 6.68. The molecule has 1 saturated heterocycles. The van der Waals surface area contributed by atoms with Crippen molar-refractivity contribution in [3.05, 3.63) is 54.3 Å². The van der Waals surface area contributed by atoms with Gasteiger partial charge in [-0.3, -0.25) is 9.47 Å². The molecule has 5 nitrogen and oxygen atoms in total. The molecule has 0 saturated carbocycles. The maximum atomic E-state index is 4.43. The molecule has 23 heavy (non-hydrogen) atoms. The fourth-order valence-corrected chi connectivity index (χ4v) is 4.09. The van der Waals surface area contributed by atoms with Crippen molar-refractivity contribution < 1.29 is 0 Å². The lowest BCUT2D eigenvalue weighted by atomic mass is 9.98. The summed E-state index contributed by atoms with van der Waals surface area (Å²) in [6.07, 6.45) is 12.4. The number of piperidine rings is 1. The number of rotatable bonds is 5. The highest BCUT2D eigenvalue weighted by molar-refractivity contribution is 7.12. The largest absolute Gasteiger partial charge is 0.337 e. The van der Waals surface area contributed by atoms with Crippen molar-refractivity contribution >= 4 is 11.3 Å². The molecule has 0 radical (unpaired) electrons. The van der Waals surface area contributed by atoms with E-state index in [-0.39, 0.29) is 0 Å². The highest BCUT2D eigenvalue weighted by atomic mass is 32.1. The van der Waals surface area contributed by atoms with Crippen LogP contribution in [0.5, 0.6) is 0 Å². The highest BCUT2D eigenvalue weighted by Gasteiger charge is 2.21. The van der Waals surface area contributed by atoms with Gasteiger partial charge in [-0.25, -0.2) is 9.97 Å². The van der Waals surface area contributed by atoms with Crippen LogP contribution in [0.15, 0.2) is 48.6 Å². The fourth-order valence-electron chi connectivity index (χ4n) is 3.43. The highest BCUT2D eigenvalue weighted by Crippen LogP contribution is 2.22. The Morgan fingerprint density at radius 1 is 1.26 bits per heavy atom. The molecule has 1 atom stereocenters. The summed E-state index contributed by atoms with van der Waals surface area (Å²) in [5, 5.41) is 3.08. The van der Waals surface area contributed by atoms with E-state index < -0.39 is 0 Å². The Balaban J connectivity index is 1.42. The lowest BCUT2D eigenvalue weighted by Gasteiger charge is -2.33. The van der Waals surface area contributed by atoms with Crippen molar-refractivity contribution in [2.45, 2.75) is 25.9 Å². The van der Waals surface area contributed by atoms with Crippen molar-refractivity contribution in [1.29, 1.82) is 0 Å². The minimum absolute atomic E-state index is 0.709. The quantitative estimate of drug-likeness (QED) is 0.723. The second-order valence-electron chi connectivity index (χ2n) is 6.19. The Kier molecular flexibility index (Phi) is 4.26. The van der Waals surface area contributed by atoms with Gasteiger partial charge in [0.1, 0.15) is 0 Å². The number of nitrogens with zero attached hydrogens (tertiary/aromatic N) is 5. The van der Waals surface area contributed by atoms with Gasteiger partial charge < -0.3 is 4.57 Å². The predicted molar refractivity (Wildman–Crippen MR) is 91.7 cm³/mol. The molecule has 0 aromatic carbocycles. The smallest absolute Gasteiger partial charge is 0.193 e. The summed E-state index contributed by atoms with van der Waals surface area (Å²) in [5.41, 5.74) is 1.32. The molecule has 1 fully saturated rings. The summed E-state index contributed by atoms with van der Waals surface area (Å²) < 4.78 is 4.41. The Hall–Kier alpha value is -1.92. The average Bonchev–Trinajstić information content (AvgIpc) is 3.29. The van der Waals surface area contributed by atoms with Gasteiger partial charge in [0, 0.05) is 55.5 Å². The van der Waals surface area contributed by atoms with Crippen LogP contribution in [0.3, 0.4) is 0 Å². The molecule has 4 heterocycles. The first-order chi connectivity index (χ1) is 11.4. The van der Waals surface area contributed by atoms with Gasteiger partial charge in [0.2, 0.25) is 0 Å². The molecule has 6 heteroatoms. The molecule has 3 aromatic heterocycles. The second-order valence-corrected chi connectivity index (χ2v) is 7.06. The van der Waals surface area contributed by atoms with E-state index >= 15 is 0 Å². The molecule has 1 aliphatic rings. The van der Waals surface area contributed by atoms with Gasteiger partial charge in [-0.1, -0.05) is 0 Å². The van der Waals surface area contributed by atoms with Crippen molar-refractivity contribution in [3.8, 4) is 5.13 Å². The molecule has 0 amide bonds. The lowest BCUT2D eigenvalue weighted by Crippen LogP contribution is -2.36. The minimum Gasteiger partial charge on any atom is -0.337 e. The van der Waals surface area contributed by atoms with Crippen molar-refractivity contribution in [2.24, 2.45) is 5.92 Å². The van der Waals surface area contributed by atoms with Crippen molar-refractivity contribution in [1.82, 2.24) is 24.0 Å². The maximum Gasteiger partial charge on any atom is 0.193 e. The SMILES string of the molecule is c1cc(CN2CCCC(Cn3ccnc3)C2)n(-c2nccs2)c1. The molecule has 3 aromatic rings. The first kappa shape index (κ1) is 14.7. The maximum absolute atomic E-state index is 4.43. The van der Waals surface area contributed by atoms with E-state index in [4.69, 9.17) is 0 Å². The molecule has 0 aliphatic carbocycles. The summed E-state index contributed by atoms with van der Waals surface area (Å²) >= 11 is 1.68. The summed E-state index contributed by atoms with van der Waals surface area (Å²) in [6, 6.07) is 4.32. The monoisotopic (exact) mass is 327 g/mol. The van der Waals surface area contributed by atoms with Gasteiger partial charge >= 0.3 is 0 Å². The van der Waals surface area contributed by atoms with Gasteiger partial charge in [0.25, 0.3) is 0 Å². The van der Waals surface area contributed by atoms with Gasteiger partial charge in [-0.05, 0) is 37.4 Å². The molecule has 0 bridgehead atoms. The third-order valence-corrected chi connectivity index (χ3v) is 5.25. The van der Waals surface area contributed by atoms with Crippen LogP contribution in [-0.2, 0) is 13.1 Å². The predicted octanol–water partition coefficient (Wildman–Crippen LogP) is 3.04. The molecule has 4 rings (SSSR count). The summed E-state index contributed by atoms with van der Waals surface area (Å²) in [4.78, 5) is 11.2. The zero-order valence-corrected chi connectivity index (χ0v) is 13.9. The van der Waals surface area contributed by atoms with Crippen LogP contribution in [0, 0.1) is 5.92 Å². The van der Waals surface area contributed by atoms with Crippen LogP contribution in [0.2, 0.25) is 0 Å². The van der Waals surface area contributed by atoms with Crippen molar-refractivity contribution in [3.63, 3.8) is 0 Å². The Bertz CT molecular complexity index is 716. The minimum atomic E-state index is 0.709. The Labute approximate surface area is 140 Å². The van der Waals surface area contributed by atoms with Crippen LogP contribution in [0.4, 0.5) is 0 Å². The zero-order valence-electron chi connectivity index (χ0n) is 13.1. The number of hydrogen-bond acceptors (Lipinski definition) is 4. The normalized spacial score (nSPS) is 19.2. The van der Waals surface area contributed by atoms with Crippen molar-refractivity contribution in [2.75, 3.05) is 13.1 Å². The third kappa shape index (κ3) is 3.38. The van der Waals surface area contributed by atoms with Gasteiger partial charge in [0.05, 0.1) is 6.33 Å². The van der Waals surface area contributed by atoms with E-state index in [9.17, 15) is 0 Å². The zero-order chi connectivity index (χ0) is 15.5. The van der Waals surface area contributed by atoms with Crippen LogP contribution >= 0.6 is 11.3 Å². The third-order valence-electron chi connectivity index (χ3n) is 4.48. The van der Waals surface area contributed by atoms with Gasteiger partial charge in [-0.15, -0.1) is 11.3 Å². The number of hydrogen-bond donors (Lipinski definition) is 0. The summed E-state index contributed by atoms with van der Waals surface area (Å²) in [5.74, 6) is 0.709. The van der Waals surface area contributed by atoms with E-state index in [1.54, 1.807) is 11.3 Å². The van der Waals surface area contributed by atoms with Crippen LogP contribution < -0.4 is 0 Å². The van der Waals surface area contributed by atoms with E-state index in [1.165, 1.54) is 25.1 Å². The number of thiazole rings is 1. The molecule has 120 valence electrons. The Morgan fingerprint density at radius 2 is 2.26 bits per heavy atom. The van der Waals surface area contributed by atoms with Crippen LogP contribution in [0.25, 0.3) is 5.13 Å². The molecule has 0 spiro atoms. The van der Waals surface area contributed by atoms with Crippen LogP contribution in [-0.4, -0.2) is 37.1 Å². The standard InChI is InChI=1S/C17H21N5S/c1-3-15(12-21-9-5-18-14-21)11-20(7-1)13-16-4-2-8-22(16)17-19-6-10-23-17/h2,4-6,8-10,14-15H,1,3,7,11-13H2. The number of likely N-dealkylation sites (tertiary alicyclic amines) is 1. The Morgan fingerprint density at radius 3 is 3.09 bits per heavy atom. The average molecular weight is 327 g/mol. The topological polar surface area (TPSA) is 38.9 Å². The lowest BCUT2D eigenvalue weighted by molar-refractivity contribution is 0.154.